The number of hydrogen-bond acceptors (Lipinski definition) is 3. The van der Waals surface area contributed by atoms with Gasteiger partial charge in [-0.1, -0.05) is 44.2 Å². The van der Waals surface area contributed by atoms with Crippen LogP contribution in [0.4, 0.5) is 11.5 Å². The molecule has 1 aromatic heterocycles. The number of nitrogens with one attached hydrogen (secondary N) is 2. The molecule has 0 bridgehead atoms. The van der Waals surface area contributed by atoms with Crippen molar-refractivity contribution < 1.29 is 0 Å². The summed E-state index contributed by atoms with van der Waals surface area (Å²) in [5.74, 6) is 0.910. The lowest BCUT2D eigenvalue weighted by Crippen LogP contribution is -2.13. The summed E-state index contributed by atoms with van der Waals surface area (Å²) in [5, 5.41) is 6.75. The molecular weight excluding hydrogens is 258 g/mol. The second kappa shape index (κ2) is 7.48. The molecule has 1 atom stereocenters. The Kier molecular flexibility index (Phi) is 5.38. The molecule has 1 aromatic carbocycles. The SMILES string of the molecule is C=CNc1ccccc1C(CCC)Nc1ccc(C)cn1. The zero-order chi connectivity index (χ0) is 15.1. The maximum atomic E-state index is 4.45. The Morgan fingerprint density at radius 3 is 2.71 bits per heavy atom. The van der Waals surface area contributed by atoms with Gasteiger partial charge in [-0.25, -0.2) is 4.98 Å². The van der Waals surface area contributed by atoms with E-state index in [1.165, 1.54) is 11.1 Å². The number of pyridine rings is 1. The van der Waals surface area contributed by atoms with Crippen molar-refractivity contribution in [3.63, 3.8) is 0 Å². The summed E-state index contributed by atoms with van der Waals surface area (Å²) >= 11 is 0. The van der Waals surface area contributed by atoms with Crippen LogP contribution >= 0.6 is 0 Å². The van der Waals surface area contributed by atoms with Gasteiger partial charge in [0.15, 0.2) is 0 Å². The third-order valence-corrected chi connectivity index (χ3v) is 3.40. The molecule has 21 heavy (non-hydrogen) atoms. The lowest BCUT2D eigenvalue weighted by molar-refractivity contribution is 0.676. The predicted molar refractivity (Wildman–Crippen MR) is 90.5 cm³/mol. The molecule has 0 radical (unpaired) electrons. The minimum absolute atomic E-state index is 0.230. The van der Waals surface area contributed by atoms with E-state index < -0.39 is 0 Å². The Balaban J connectivity index is 2.26. The van der Waals surface area contributed by atoms with Crippen LogP contribution in [-0.4, -0.2) is 4.98 Å². The van der Waals surface area contributed by atoms with Crippen LogP contribution in [0.15, 0.2) is 55.4 Å². The van der Waals surface area contributed by atoms with E-state index in [2.05, 4.69) is 53.4 Å². The molecule has 3 heteroatoms. The number of hydrogen-bond donors (Lipinski definition) is 2. The summed E-state index contributed by atoms with van der Waals surface area (Å²) in [7, 11) is 0. The topological polar surface area (TPSA) is 37.0 Å². The summed E-state index contributed by atoms with van der Waals surface area (Å²) in [4.78, 5) is 4.45. The van der Waals surface area contributed by atoms with Gasteiger partial charge in [-0.05, 0) is 42.8 Å². The summed E-state index contributed by atoms with van der Waals surface area (Å²) in [6.45, 7) is 7.99. The number of anilines is 2. The highest BCUT2D eigenvalue weighted by Crippen LogP contribution is 2.29. The molecule has 3 nitrogen and oxygen atoms in total. The van der Waals surface area contributed by atoms with Crippen molar-refractivity contribution in [2.45, 2.75) is 32.7 Å². The van der Waals surface area contributed by atoms with E-state index in [1.807, 2.05) is 25.3 Å². The molecule has 0 aliphatic carbocycles. The third kappa shape index (κ3) is 4.09. The van der Waals surface area contributed by atoms with Crippen molar-refractivity contribution in [2.75, 3.05) is 10.6 Å². The van der Waals surface area contributed by atoms with E-state index in [0.29, 0.717) is 0 Å². The third-order valence-electron chi connectivity index (χ3n) is 3.40. The van der Waals surface area contributed by atoms with Gasteiger partial charge in [-0.15, -0.1) is 0 Å². The number of benzene rings is 1. The number of nitrogens with zero attached hydrogens (tertiary/aromatic N) is 1. The molecule has 0 aliphatic rings. The second-order valence-corrected chi connectivity index (χ2v) is 5.14. The zero-order valence-corrected chi connectivity index (χ0v) is 12.8. The molecule has 2 aromatic rings. The Morgan fingerprint density at radius 1 is 1.24 bits per heavy atom. The van der Waals surface area contributed by atoms with Gasteiger partial charge in [-0.2, -0.15) is 0 Å². The summed E-state index contributed by atoms with van der Waals surface area (Å²) < 4.78 is 0. The first kappa shape index (κ1) is 15.1. The Hall–Kier alpha value is -2.29. The first-order chi connectivity index (χ1) is 10.2. The van der Waals surface area contributed by atoms with Gasteiger partial charge in [0.1, 0.15) is 5.82 Å². The monoisotopic (exact) mass is 281 g/mol. The smallest absolute Gasteiger partial charge is 0.126 e. The van der Waals surface area contributed by atoms with E-state index in [1.54, 1.807) is 6.20 Å². The van der Waals surface area contributed by atoms with Crippen molar-refractivity contribution in [3.05, 3.63) is 66.5 Å². The molecule has 0 fully saturated rings. The molecule has 2 rings (SSSR count). The van der Waals surface area contributed by atoms with Crippen molar-refractivity contribution in [1.29, 1.82) is 0 Å². The summed E-state index contributed by atoms with van der Waals surface area (Å²) in [5.41, 5.74) is 3.49. The molecule has 2 N–H and O–H groups in total. The number of aromatic nitrogens is 1. The largest absolute Gasteiger partial charge is 0.363 e. The van der Waals surface area contributed by atoms with E-state index in [9.17, 15) is 0 Å². The molecule has 0 spiro atoms. The van der Waals surface area contributed by atoms with Gasteiger partial charge >= 0.3 is 0 Å². The Morgan fingerprint density at radius 2 is 2.05 bits per heavy atom. The highest BCUT2D eigenvalue weighted by molar-refractivity contribution is 5.56. The Bertz CT molecular complexity index is 575. The van der Waals surface area contributed by atoms with Gasteiger partial charge < -0.3 is 10.6 Å². The van der Waals surface area contributed by atoms with Gasteiger partial charge in [0.05, 0.1) is 6.04 Å². The highest BCUT2D eigenvalue weighted by Gasteiger charge is 2.14. The molecule has 0 saturated carbocycles. The fourth-order valence-corrected chi connectivity index (χ4v) is 2.37. The highest BCUT2D eigenvalue weighted by atomic mass is 15.0. The minimum Gasteiger partial charge on any atom is -0.363 e. The zero-order valence-electron chi connectivity index (χ0n) is 12.8. The number of aryl methyl sites for hydroxylation is 1. The van der Waals surface area contributed by atoms with Crippen molar-refractivity contribution in [2.24, 2.45) is 0 Å². The molecule has 0 amide bonds. The average Bonchev–Trinajstić information content (AvgIpc) is 2.50. The van der Waals surface area contributed by atoms with Crippen LogP contribution in [0.2, 0.25) is 0 Å². The van der Waals surface area contributed by atoms with Crippen molar-refractivity contribution in [3.8, 4) is 0 Å². The standard InChI is InChI=1S/C18H23N3/c1-4-8-17(21-18-12-11-14(3)13-20-18)15-9-6-7-10-16(15)19-5-2/h5-7,9-13,17,19H,2,4,8H2,1,3H3,(H,20,21). The van der Waals surface area contributed by atoms with E-state index >= 15 is 0 Å². The molecule has 1 heterocycles. The van der Waals surface area contributed by atoms with E-state index in [4.69, 9.17) is 0 Å². The first-order valence-electron chi connectivity index (χ1n) is 7.40. The van der Waals surface area contributed by atoms with Crippen molar-refractivity contribution in [1.82, 2.24) is 4.98 Å². The van der Waals surface area contributed by atoms with Crippen LogP contribution in [0.5, 0.6) is 0 Å². The van der Waals surface area contributed by atoms with Crippen LogP contribution in [0.25, 0.3) is 0 Å². The molecule has 1 unspecified atom stereocenters. The second-order valence-electron chi connectivity index (χ2n) is 5.14. The minimum atomic E-state index is 0.230. The maximum Gasteiger partial charge on any atom is 0.126 e. The lowest BCUT2D eigenvalue weighted by atomic mass is 10.00. The van der Waals surface area contributed by atoms with Crippen LogP contribution < -0.4 is 10.6 Å². The lowest BCUT2D eigenvalue weighted by Gasteiger charge is -2.22. The summed E-state index contributed by atoms with van der Waals surface area (Å²) in [6.07, 6.45) is 5.75. The molecule has 0 aliphatic heterocycles. The van der Waals surface area contributed by atoms with Gasteiger partial charge in [0.25, 0.3) is 0 Å². The van der Waals surface area contributed by atoms with Crippen LogP contribution in [0.3, 0.4) is 0 Å². The van der Waals surface area contributed by atoms with Gasteiger partial charge in [-0.3, -0.25) is 0 Å². The van der Waals surface area contributed by atoms with Crippen molar-refractivity contribution >= 4 is 11.5 Å². The van der Waals surface area contributed by atoms with Gasteiger partial charge in [0, 0.05) is 11.9 Å². The molecular formula is C18H23N3. The fourth-order valence-electron chi connectivity index (χ4n) is 2.37. The predicted octanol–water partition coefficient (Wildman–Crippen LogP) is 4.90. The maximum absolute atomic E-state index is 4.45. The fraction of sp³-hybridized carbons (Fsp3) is 0.278. The first-order valence-corrected chi connectivity index (χ1v) is 7.40. The van der Waals surface area contributed by atoms with E-state index in [-0.39, 0.29) is 6.04 Å². The average molecular weight is 281 g/mol. The van der Waals surface area contributed by atoms with Gasteiger partial charge in [0.2, 0.25) is 0 Å². The molecule has 110 valence electrons. The van der Waals surface area contributed by atoms with Crippen LogP contribution in [-0.2, 0) is 0 Å². The number of para-hydroxylation sites is 1. The van der Waals surface area contributed by atoms with E-state index in [0.717, 1.165) is 24.3 Å². The number of rotatable bonds is 7. The van der Waals surface area contributed by atoms with Crippen LogP contribution in [0, 0.1) is 6.92 Å². The normalized spacial score (nSPS) is 11.7. The quantitative estimate of drug-likeness (QED) is 0.758. The Labute approximate surface area is 127 Å². The molecule has 0 saturated heterocycles. The summed E-state index contributed by atoms with van der Waals surface area (Å²) in [6, 6.07) is 12.7. The van der Waals surface area contributed by atoms with Crippen LogP contribution in [0.1, 0.15) is 36.9 Å².